The van der Waals surface area contributed by atoms with Crippen LogP contribution >= 0.6 is 0 Å². The monoisotopic (exact) mass is 203 g/mol. The van der Waals surface area contributed by atoms with Crippen LogP contribution in [0.25, 0.3) is 0 Å². The van der Waals surface area contributed by atoms with Gasteiger partial charge in [-0.2, -0.15) is 10.5 Å². The van der Waals surface area contributed by atoms with E-state index in [9.17, 15) is 4.79 Å². The number of anilines is 1. The zero-order chi connectivity index (χ0) is 11.4. The van der Waals surface area contributed by atoms with E-state index in [-0.39, 0.29) is 23.2 Å². The van der Waals surface area contributed by atoms with Crippen molar-refractivity contribution < 1.29 is 4.79 Å². The molecule has 0 radical (unpaired) electrons. The van der Waals surface area contributed by atoms with E-state index in [1.807, 2.05) is 12.1 Å². The van der Waals surface area contributed by atoms with Crippen molar-refractivity contribution in [1.29, 1.82) is 10.5 Å². The average Bonchev–Trinajstić information content (AvgIpc) is 2.53. The molecule has 15 heavy (non-hydrogen) atoms. The summed E-state index contributed by atoms with van der Waals surface area (Å²) in [4.78, 5) is 14.7. The number of aromatic nitrogens is 2. The van der Waals surface area contributed by atoms with Gasteiger partial charge in [0, 0.05) is 13.5 Å². The lowest BCUT2D eigenvalue weighted by molar-refractivity contribution is -0.114. The van der Waals surface area contributed by atoms with Gasteiger partial charge < -0.3 is 4.57 Å². The van der Waals surface area contributed by atoms with E-state index in [2.05, 4.69) is 10.3 Å². The first-order valence-corrected chi connectivity index (χ1v) is 4.32. The molecule has 1 N–H and O–H groups in total. The first kappa shape index (κ1) is 10.7. The molecule has 0 aliphatic rings. The van der Waals surface area contributed by atoms with E-state index in [1.165, 1.54) is 11.5 Å². The minimum atomic E-state index is -0.288. The van der Waals surface area contributed by atoms with Crippen LogP contribution < -0.4 is 5.32 Å². The van der Waals surface area contributed by atoms with E-state index in [1.54, 1.807) is 6.92 Å². The van der Waals surface area contributed by atoms with Crippen molar-refractivity contribution in [3.8, 4) is 12.1 Å². The lowest BCUT2D eigenvalue weighted by Gasteiger charge is -2.04. The van der Waals surface area contributed by atoms with Gasteiger partial charge in [-0.25, -0.2) is 4.98 Å². The van der Waals surface area contributed by atoms with E-state index in [4.69, 9.17) is 10.5 Å². The molecule has 0 saturated heterocycles. The third-order valence-corrected chi connectivity index (χ3v) is 1.78. The summed E-state index contributed by atoms with van der Waals surface area (Å²) in [6.45, 7) is 3.61. The Morgan fingerprint density at radius 3 is 2.60 bits per heavy atom. The van der Waals surface area contributed by atoms with Crippen molar-refractivity contribution in [2.75, 3.05) is 5.32 Å². The molecule has 0 atom stereocenters. The molecule has 0 spiro atoms. The van der Waals surface area contributed by atoms with Crippen molar-refractivity contribution >= 4 is 11.9 Å². The van der Waals surface area contributed by atoms with Crippen molar-refractivity contribution in [3.63, 3.8) is 0 Å². The Hall–Kier alpha value is -2.34. The maximum atomic E-state index is 10.8. The third kappa shape index (κ3) is 1.94. The molecule has 76 valence electrons. The Morgan fingerprint density at radius 2 is 2.20 bits per heavy atom. The first-order chi connectivity index (χ1) is 7.13. The standard InChI is InChI=1S/C9H9N5O/c1-3-14-8(5-11)7(4-10)13-9(14)12-6(2)15/h3H2,1-2H3,(H,12,13,15). The molecule has 6 nitrogen and oxygen atoms in total. The zero-order valence-electron chi connectivity index (χ0n) is 8.40. The molecule has 6 heteroatoms. The number of carbonyl (C=O) groups is 1. The molecule has 0 saturated carbocycles. The van der Waals surface area contributed by atoms with Gasteiger partial charge in [0.25, 0.3) is 0 Å². The highest BCUT2D eigenvalue weighted by Crippen LogP contribution is 2.14. The van der Waals surface area contributed by atoms with E-state index in [0.29, 0.717) is 6.54 Å². The number of nitrogens with zero attached hydrogens (tertiary/aromatic N) is 4. The quantitative estimate of drug-likeness (QED) is 0.761. The largest absolute Gasteiger partial charge is 0.301 e. The van der Waals surface area contributed by atoms with Crippen LogP contribution in [0.5, 0.6) is 0 Å². The highest BCUT2D eigenvalue weighted by Gasteiger charge is 2.15. The molecule has 0 unspecified atom stereocenters. The van der Waals surface area contributed by atoms with Gasteiger partial charge in [0.05, 0.1) is 0 Å². The Labute approximate surface area is 86.8 Å². The molecule has 0 bridgehead atoms. The van der Waals surface area contributed by atoms with Crippen molar-refractivity contribution in [3.05, 3.63) is 11.4 Å². The Kier molecular flexibility index (Phi) is 3.04. The van der Waals surface area contributed by atoms with Gasteiger partial charge in [0.1, 0.15) is 12.1 Å². The molecule has 0 aromatic carbocycles. The number of hydrogen-bond donors (Lipinski definition) is 1. The lowest BCUT2D eigenvalue weighted by atomic mass is 10.3. The predicted molar refractivity (Wildman–Crippen MR) is 51.6 cm³/mol. The van der Waals surface area contributed by atoms with E-state index < -0.39 is 0 Å². The van der Waals surface area contributed by atoms with Gasteiger partial charge in [-0.15, -0.1) is 0 Å². The van der Waals surface area contributed by atoms with Crippen LogP contribution in [0.3, 0.4) is 0 Å². The van der Waals surface area contributed by atoms with Crippen LogP contribution in [0, 0.1) is 22.7 Å². The fourth-order valence-electron chi connectivity index (χ4n) is 1.20. The van der Waals surface area contributed by atoms with Gasteiger partial charge in [-0.3, -0.25) is 10.1 Å². The molecular formula is C9H9N5O. The molecule has 0 fully saturated rings. The SMILES string of the molecule is CCn1c(NC(C)=O)nc(C#N)c1C#N. The summed E-state index contributed by atoms with van der Waals surface area (Å²) < 4.78 is 1.49. The van der Waals surface area contributed by atoms with Gasteiger partial charge in [-0.05, 0) is 6.92 Å². The second-order valence-electron chi connectivity index (χ2n) is 2.78. The summed E-state index contributed by atoms with van der Waals surface area (Å²) in [5.74, 6) is -0.0539. The predicted octanol–water partition coefficient (Wildman–Crippen LogP) is 0.605. The molecule has 1 aromatic rings. The van der Waals surface area contributed by atoms with Crippen molar-refractivity contribution in [2.24, 2.45) is 0 Å². The highest BCUT2D eigenvalue weighted by molar-refractivity contribution is 5.87. The average molecular weight is 203 g/mol. The number of nitriles is 2. The van der Waals surface area contributed by atoms with Crippen LogP contribution in [0.4, 0.5) is 5.95 Å². The lowest BCUT2D eigenvalue weighted by Crippen LogP contribution is -2.12. The van der Waals surface area contributed by atoms with Crippen LogP contribution in [0.2, 0.25) is 0 Å². The Bertz CT molecular complexity index is 474. The Morgan fingerprint density at radius 1 is 1.53 bits per heavy atom. The van der Waals surface area contributed by atoms with Crippen LogP contribution in [0.15, 0.2) is 0 Å². The van der Waals surface area contributed by atoms with Crippen molar-refractivity contribution in [2.45, 2.75) is 20.4 Å². The maximum Gasteiger partial charge on any atom is 0.223 e. The normalized spacial score (nSPS) is 9.07. The number of rotatable bonds is 2. The number of imidazole rings is 1. The minimum absolute atomic E-state index is 0.0306. The number of carbonyl (C=O) groups excluding carboxylic acids is 1. The van der Waals surface area contributed by atoms with Gasteiger partial charge in [0.15, 0.2) is 11.4 Å². The molecular weight excluding hydrogens is 194 g/mol. The number of nitrogens with one attached hydrogen (secondary N) is 1. The summed E-state index contributed by atoms with van der Waals surface area (Å²) in [6.07, 6.45) is 0. The fourth-order valence-corrected chi connectivity index (χ4v) is 1.20. The first-order valence-electron chi connectivity index (χ1n) is 4.32. The minimum Gasteiger partial charge on any atom is -0.301 e. The second-order valence-corrected chi connectivity index (χ2v) is 2.78. The van der Waals surface area contributed by atoms with Gasteiger partial charge in [-0.1, -0.05) is 0 Å². The molecule has 0 aliphatic carbocycles. The summed E-state index contributed by atoms with van der Waals surface area (Å²) in [5, 5.41) is 20.0. The summed E-state index contributed by atoms with van der Waals surface area (Å²) in [5.41, 5.74) is 0.201. The molecule has 1 rings (SSSR count). The summed E-state index contributed by atoms with van der Waals surface area (Å²) in [6, 6.07) is 3.70. The summed E-state index contributed by atoms with van der Waals surface area (Å²) in [7, 11) is 0. The number of hydrogen-bond acceptors (Lipinski definition) is 4. The molecule has 1 heterocycles. The smallest absolute Gasteiger partial charge is 0.223 e. The Balaban J connectivity index is 3.30. The zero-order valence-corrected chi connectivity index (χ0v) is 8.40. The van der Waals surface area contributed by atoms with Crippen LogP contribution in [-0.2, 0) is 11.3 Å². The van der Waals surface area contributed by atoms with E-state index >= 15 is 0 Å². The van der Waals surface area contributed by atoms with E-state index in [0.717, 1.165) is 0 Å². The van der Waals surface area contributed by atoms with Gasteiger partial charge in [0.2, 0.25) is 11.9 Å². The molecule has 1 aromatic heterocycles. The fraction of sp³-hybridized carbons (Fsp3) is 0.333. The van der Waals surface area contributed by atoms with Crippen LogP contribution in [-0.4, -0.2) is 15.5 Å². The maximum absolute atomic E-state index is 10.8. The van der Waals surface area contributed by atoms with Gasteiger partial charge >= 0.3 is 0 Å². The van der Waals surface area contributed by atoms with Crippen LogP contribution in [0.1, 0.15) is 25.2 Å². The second kappa shape index (κ2) is 4.25. The third-order valence-electron chi connectivity index (χ3n) is 1.78. The summed E-state index contributed by atoms with van der Waals surface area (Å²) >= 11 is 0. The number of amides is 1. The highest BCUT2D eigenvalue weighted by atomic mass is 16.1. The molecule has 1 amide bonds. The van der Waals surface area contributed by atoms with Crippen molar-refractivity contribution in [1.82, 2.24) is 9.55 Å². The molecule has 0 aliphatic heterocycles. The topological polar surface area (TPSA) is 94.5 Å².